The molecule has 0 unspecified atom stereocenters. The van der Waals surface area contributed by atoms with E-state index in [0.717, 1.165) is 12.3 Å². The summed E-state index contributed by atoms with van der Waals surface area (Å²) in [6, 6.07) is 3.68. The largest absolute Gasteiger partial charge is 0.417 e. The predicted molar refractivity (Wildman–Crippen MR) is 116 cm³/mol. The van der Waals surface area contributed by atoms with E-state index in [9.17, 15) is 18.0 Å². The summed E-state index contributed by atoms with van der Waals surface area (Å²) < 4.78 is 41.3. The predicted octanol–water partition coefficient (Wildman–Crippen LogP) is 5.06. The number of carbonyl (C=O) groups excluding carboxylic acids is 1. The van der Waals surface area contributed by atoms with Crippen LogP contribution < -0.4 is 5.32 Å². The number of rotatable bonds is 6. The highest BCUT2D eigenvalue weighted by atomic mass is 35.5. The van der Waals surface area contributed by atoms with E-state index in [2.05, 4.69) is 20.5 Å². The molecule has 0 fully saturated rings. The molecular formula is C21H22ClF3N6O. The minimum absolute atomic E-state index is 0.138. The molecule has 0 spiro atoms. The van der Waals surface area contributed by atoms with E-state index in [0.29, 0.717) is 34.6 Å². The van der Waals surface area contributed by atoms with E-state index in [1.807, 2.05) is 13.8 Å². The second-order valence-electron chi connectivity index (χ2n) is 7.67. The molecule has 0 aromatic carbocycles. The Hall–Kier alpha value is -3.14. The van der Waals surface area contributed by atoms with Crippen LogP contribution in [0.2, 0.25) is 5.15 Å². The Bertz CT molecular complexity index is 1150. The zero-order valence-corrected chi connectivity index (χ0v) is 18.7. The van der Waals surface area contributed by atoms with Gasteiger partial charge in [0, 0.05) is 30.4 Å². The van der Waals surface area contributed by atoms with Gasteiger partial charge in [0.15, 0.2) is 5.82 Å². The molecule has 3 aromatic rings. The monoisotopic (exact) mass is 466 g/mol. The third kappa shape index (κ3) is 5.37. The molecule has 0 aliphatic rings. The van der Waals surface area contributed by atoms with Gasteiger partial charge >= 0.3 is 6.18 Å². The fourth-order valence-corrected chi connectivity index (χ4v) is 3.30. The second-order valence-corrected chi connectivity index (χ2v) is 8.03. The van der Waals surface area contributed by atoms with Gasteiger partial charge in [-0.05, 0) is 38.0 Å². The molecule has 3 heterocycles. The van der Waals surface area contributed by atoms with Gasteiger partial charge in [-0.2, -0.15) is 28.1 Å². The van der Waals surface area contributed by atoms with Crippen molar-refractivity contribution in [1.82, 2.24) is 24.5 Å². The highest BCUT2D eigenvalue weighted by Crippen LogP contribution is 2.29. The van der Waals surface area contributed by atoms with Crippen molar-refractivity contribution >= 4 is 29.4 Å². The second kappa shape index (κ2) is 9.15. The van der Waals surface area contributed by atoms with Crippen molar-refractivity contribution in [1.29, 1.82) is 0 Å². The standard InChI is InChI=1S/C21H22ClF3N6O/c1-12(2)11-30-20(22)16(14(4)29-30)6-8-19(32)27-18-9-13(3)28-31(18)17-7-5-15(10-26-17)21(23,24)25/h5-10,12H,11H2,1-4H3,(H,27,32). The molecule has 0 aliphatic heterocycles. The Morgan fingerprint density at radius 1 is 1.25 bits per heavy atom. The van der Waals surface area contributed by atoms with Gasteiger partial charge in [0.1, 0.15) is 11.0 Å². The van der Waals surface area contributed by atoms with Gasteiger partial charge < -0.3 is 5.32 Å². The lowest BCUT2D eigenvalue weighted by atomic mass is 10.2. The average Bonchev–Trinajstić information content (AvgIpc) is 3.18. The third-order valence-corrected chi connectivity index (χ3v) is 4.82. The first kappa shape index (κ1) is 23.5. The van der Waals surface area contributed by atoms with Gasteiger partial charge in [0.25, 0.3) is 0 Å². The summed E-state index contributed by atoms with van der Waals surface area (Å²) in [6.45, 7) is 8.24. The Balaban J connectivity index is 1.79. The fourth-order valence-electron chi connectivity index (χ4n) is 2.99. The van der Waals surface area contributed by atoms with Crippen molar-refractivity contribution in [2.75, 3.05) is 5.32 Å². The molecule has 0 saturated heterocycles. The first-order valence-corrected chi connectivity index (χ1v) is 10.2. The van der Waals surface area contributed by atoms with Crippen molar-refractivity contribution in [3.8, 4) is 5.82 Å². The van der Waals surface area contributed by atoms with Crippen molar-refractivity contribution in [2.24, 2.45) is 5.92 Å². The summed E-state index contributed by atoms with van der Waals surface area (Å²) in [7, 11) is 0. The Morgan fingerprint density at radius 3 is 2.56 bits per heavy atom. The highest BCUT2D eigenvalue weighted by Gasteiger charge is 2.30. The summed E-state index contributed by atoms with van der Waals surface area (Å²) >= 11 is 6.39. The number of aromatic nitrogens is 5. The Kier molecular flexibility index (Phi) is 6.73. The lowest BCUT2D eigenvalue weighted by molar-refractivity contribution is -0.137. The van der Waals surface area contributed by atoms with Crippen LogP contribution in [0.4, 0.5) is 19.0 Å². The third-order valence-electron chi connectivity index (χ3n) is 4.42. The lowest BCUT2D eigenvalue weighted by Gasteiger charge is -2.09. The normalized spacial score (nSPS) is 12.2. The molecule has 11 heteroatoms. The summed E-state index contributed by atoms with van der Waals surface area (Å²) in [6.07, 6.45) is -0.892. The maximum Gasteiger partial charge on any atom is 0.417 e. The van der Waals surface area contributed by atoms with Gasteiger partial charge in [-0.1, -0.05) is 25.4 Å². The Labute approximate surface area is 187 Å². The van der Waals surface area contributed by atoms with Crippen molar-refractivity contribution in [3.05, 3.63) is 58.1 Å². The molecule has 3 rings (SSSR count). The summed E-state index contributed by atoms with van der Waals surface area (Å²) in [5.41, 5.74) is 1.01. The molecule has 1 N–H and O–H groups in total. The number of nitrogens with one attached hydrogen (secondary N) is 1. The van der Waals surface area contributed by atoms with E-state index in [1.54, 1.807) is 30.7 Å². The average molecular weight is 467 g/mol. The van der Waals surface area contributed by atoms with E-state index in [1.165, 1.54) is 16.8 Å². The molecule has 0 aliphatic carbocycles. The first-order valence-electron chi connectivity index (χ1n) is 9.78. The summed E-state index contributed by atoms with van der Waals surface area (Å²) in [5, 5.41) is 11.7. The SMILES string of the molecule is Cc1cc(NC(=O)C=Cc2c(C)nn(CC(C)C)c2Cl)n(-c2ccc(C(F)(F)F)cn2)n1. The zero-order chi connectivity index (χ0) is 23.6. The van der Waals surface area contributed by atoms with E-state index in [4.69, 9.17) is 11.6 Å². The summed E-state index contributed by atoms with van der Waals surface area (Å²) in [4.78, 5) is 16.3. The lowest BCUT2D eigenvalue weighted by Crippen LogP contribution is -2.13. The van der Waals surface area contributed by atoms with Crippen LogP contribution in [0.15, 0.2) is 30.5 Å². The fraction of sp³-hybridized carbons (Fsp3) is 0.333. The van der Waals surface area contributed by atoms with E-state index >= 15 is 0 Å². The van der Waals surface area contributed by atoms with Crippen LogP contribution >= 0.6 is 11.6 Å². The maximum absolute atomic E-state index is 12.8. The number of amides is 1. The number of aryl methyl sites for hydroxylation is 2. The first-order chi connectivity index (χ1) is 15.0. The smallest absolute Gasteiger partial charge is 0.307 e. The topological polar surface area (TPSA) is 77.6 Å². The van der Waals surface area contributed by atoms with Crippen molar-refractivity contribution in [2.45, 2.75) is 40.4 Å². The minimum atomic E-state index is -4.49. The summed E-state index contributed by atoms with van der Waals surface area (Å²) in [5.74, 6) is 0.293. The molecule has 3 aromatic heterocycles. The van der Waals surface area contributed by atoms with Crippen molar-refractivity contribution in [3.63, 3.8) is 0 Å². The molecule has 0 bridgehead atoms. The number of hydrogen-bond donors (Lipinski definition) is 1. The van der Waals surface area contributed by atoms with Crippen LogP contribution in [0.3, 0.4) is 0 Å². The number of carbonyl (C=O) groups is 1. The van der Waals surface area contributed by atoms with Gasteiger partial charge in [-0.25, -0.2) is 4.98 Å². The van der Waals surface area contributed by atoms with E-state index < -0.39 is 17.6 Å². The number of pyridine rings is 1. The van der Waals surface area contributed by atoms with E-state index in [-0.39, 0.29) is 11.6 Å². The van der Waals surface area contributed by atoms with Gasteiger partial charge in [-0.15, -0.1) is 0 Å². The molecule has 0 saturated carbocycles. The quantitative estimate of drug-likeness (QED) is 0.515. The zero-order valence-electron chi connectivity index (χ0n) is 17.9. The molecular weight excluding hydrogens is 445 g/mol. The van der Waals surface area contributed by atoms with Gasteiger partial charge in [0.2, 0.25) is 5.91 Å². The van der Waals surface area contributed by atoms with Crippen LogP contribution in [0.25, 0.3) is 11.9 Å². The molecule has 0 radical (unpaired) electrons. The maximum atomic E-state index is 12.8. The van der Waals surface area contributed by atoms with Crippen LogP contribution in [-0.4, -0.2) is 30.5 Å². The molecule has 0 atom stereocenters. The Morgan fingerprint density at radius 2 is 1.97 bits per heavy atom. The molecule has 32 heavy (non-hydrogen) atoms. The van der Waals surface area contributed by atoms with Crippen molar-refractivity contribution < 1.29 is 18.0 Å². The molecule has 7 nitrogen and oxygen atoms in total. The highest BCUT2D eigenvalue weighted by molar-refractivity contribution is 6.31. The molecule has 170 valence electrons. The number of alkyl halides is 3. The number of halogens is 4. The number of anilines is 1. The number of nitrogens with zero attached hydrogens (tertiary/aromatic N) is 5. The van der Waals surface area contributed by atoms with Gasteiger partial charge in [0.05, 0.1) is 17.0 Å². The van der Waals surface area contributed by atoms with Crippen LogP contribution in [0, 0.1) is 19.8 Å². The van der Waals surface area contributed by atoms with Crippen LogP contribution in [0.5, 0.6) is 0 Å². The van der Waals surface area contributed by atoms with Gasteiger partial charge in [-0.3, -0.25) is 9.48 Å². The molecule has 1 amide bonds. The minimum Gasteiger partial charge on any atom is -0.307 e. The number of hydrogen-bond acceptors (Lipinski definition) is 4. The van der Waals surface area contributed by atoms with Crippen LogP contribution in [-0.2, 0) is 17.5 Å². The van der Waals surface area contributed by atoms with Crippen LogP contribution in [0.1, 0.15) is 36.4 Å².